The van der Waals surface area contributed by atoms with E-state index in [1.807, 2.05) is 0 Å². The maximum Gasteiger partial charge on any atom is 0.207 e. The molecule has 0 N–H and O–H groups in total. The van der Waals surface area contributed by atoms with E-state index < -0.39 is 21.0 Å². The van der Waals surface area contributed by atoms with Crippen molar-refractivity contribution in [2.24, 2.45) is 0 Å². The summed E-state index contributed by atoms with van der Waals surface area (Å²) in [5.41, 5.74) is -1.70. The zero-order valence-electron chi connectivity index (χ0n) is 16.0. The van der Waals surface area contributed by atoms with Gasteiger partial charge in [-0.15, -0.1) is 0 Å². The van der Waals surface area contributed by atoms with E-state index in [1.54, 1.807) is 69.3 Å². The van der Waals surface area contributed by atoms with Gasteiger partial charge < -0.3 is 9.47 Å². The van der Waals surface area contributed by atoms with Crippen molar-refractivity contribution in [3.05, 3.63) is 75.3 Å². The van der Waals surface area contributed by atoms with Crippen molar-refractivity contribution < 1.29 is 22.7 Å². The lowest BCUT2D eigenvalue weighted by molar-refractivity contribution is -0.139. The van der Waals surface area contributed by atoms with Gasteiger partial charge in [0.15, 0.2) is 21.9 Å². The molecule has 2 aromatic rings. The third-order valence-electron chi connectivity index (χ3n) is 4.60. The summed E-state index contributed by atoms with van der Waals surface area (Å²) in [4.78, 5) is 12.3. The van der Waals surface area contributed by atoms with Gasteiger partial charge in [0.2, 0.25) is 5.60 Å². The first kappa shape index (κ1) is 20.6. The largest absolute Gasteiger partial charge is 0.457 e. The van der Waals surface area contributed by atoms with Gasteiger partial charge in [0.25, 0.3) is 0 Å². The van der Waals surface area contributed by atoms with Crippen LogP contribution in [0.2, 0.25) is 5.02 Å². The number of carbonyl (C=O) groups excluding carboxylic acids is 1. The van der Waals surface area contributed by atoms with Gasteiger partial charge in [0.1, 0.15) is 16.3 Å². The minimum Gasteiger partial charge on any atom is -0.457 e. The van der Waals surface area contributed by atoms with E-state index in [0.717, 1.165) is 11.8 Å². The number of hydrogen-bond acceptors (Lipinski definition) is 5. The Hall–Kier alpha value is -2.15. The van der Waals surface area contributed by atoms with Crippen LogP contribution in [-0.4, -0.2) is 26.6 Å². The molecule has 0 aliphatic carbocycles. The number of rotatable bonds is 5. The van der Waals surface area contributed by atoms with Crippen LogP contribution in [0.1, 0.15) is 25.0 Å². The van der Waals surface area contributed by atoms with E-state index in [2.05, 4.69) is 0 Å². The number of ether oxygens (including phenoxy) is 2. The highest BCUT2D eigenvalue weighted by molar-refractivity contribution is 7.94. The van der Waals surface area contributed by atoms with E-state index in [-0.39, 0.29) is 10.7 Å². The molecule has 3 rings (SSSR count). The normalized spacial score (nSPS) is 21.6. The average molecular weight is 421 g/mol. The van der Waals surface area contributed by atoms with Gasteiger partial charge in [-0.1, -0.05) is 41.9 Å². The molecule has 0 radical (unpaired) electrons. The topological polar surface area (TPSA) is 69.7 Å². The molecule has 1 unspecified atom stereocenters. The number of hydrogen-bond donors (Lipinski definition) is 0. The van der Waals surface area contributed by atoms with Crippen molar-refractivity contribution in [3.63, 3.8) is 0 Å². The molecule has 0 spiro atoms. The Morgan fingerprint density at radius 3 is 2.29 bits per heavy atom. The van der Waals surface area contributed by atoms with E-state index >= 15 is 0 Å². The van der Waals surface area contributed by atoms with Crippen molar-refractivity contribution >= 4 is 27.7 Å². The second-order valence-electron chi connectivity index (χ2n) is 7.28. The Morgan fingerprint density at radius 1 is 1.11 bits per heavy atom. The summed E-state index contributed by atoms with van der Waals surface area (Å²) in [6.07, 6.45) is 1.66. The van der Waals surface area contributed by atoms with Crippen LogP contribution in [0.5, 0.6) is 5.75 Å². The highest BCUT2D eigenvalue weighted by atomic mass is 35.5. The average Bonchev–Trinajstić information content (AvgIpc) is 2.86. The van der Waals surface area contributed by atoms with E-state index in [1.165, 1.54) is 0 Å². The molecule has 1 atom stereocenters. The highest BCUT2D eigenvalue weighted by Gasteiger charge is 2.57. The van der Waals surface area contributed by atoms with Crippen LogP contribution in [0.25, 0.3) is 0 Å². The molecule has 2 aromatic carbocycles. The first-order valence-electron chi connectivity index (χ1n) is 8.62. The predicted octanol–water partition coefficient (Wildman–Crippen LogP) is 4.19. The van der Waals surface area contributed by atoms with E-state index in [9.17, 15) is 13.2 Å². The number of sulfone groups is 1. The Morgan fingerprint density at radius 2 is 1.75 bits per heavy atom. The first-order chi connectivity index (χ1) is 13.0. The monoisotopic (exact) mass is 420 g/mol. The molecule has 0 bridgehead atoms. The third kappa shape index (κ3) is 3.48. The minimum absolute atomic E-state index is 0.0528. The summed E-state index contributed by atoms with van der Waals surface area (Å²) >= 11 is 6.08. The van der Waals surface area contributed by atoms with Crippen LogP contribution in [0.3, 0.4) is 0 Å². The quantitative estimate of drug-likeness (QED) is 0.678. The van der Waals surface area contributed by atoms with Crippen molar-refractivity contribution in [2.75, 3.05) is 6.26 Å². The summed E-state index contributed by atoms with van der Waals surface area (Å²) in [5.74, 6) is 0.310. The Kier molecular flexibility index (Phi) is 5.17. The van der Waals surface area contributed by atoms with Crippen molar-refractivity contribution in [1.29, 1.82) is 0 Å². The minimum atomic E-state index is -3.74. The zero-order valence-corrected chi connectivity index (χ0v) is 17.6. The van der Waals surface area contributed by atoms with Crippen LogP contribution in [-0.2, 0) is 25.0 Å². The summed E-state index contributed by atoms with van der Waals surface area (Å²) in [6, 6.07) is 13.7. The third-order valence-corrected chi connectivity index (χ3v) is 6.44. The molecule has 148 valence electrons. The van der Waals surface area contributed by atoms with Gasteiger partial charge in [-0.3, -0.25) is 4.79 Å². The van der Waals surface area contributed by atoms with Crippen molar-refractivity contribution in [2.45, 2.75) is 32.0 Å². The predicted molar refractivity (Wildman–Crippen MR) is 108 cm³/mol. The molecule has 0 amide bonds. The fourth-order valence-corrected chi connectivity index (χ4v) is 5.08. The fraction of sp³-hybridized carbons (Fsp3) is 0.286. The maximum atomic E-state index is 12.7. The van der Waals surface area contributed by atoms with Crippen molar-refractivity contribution in [3.8, 4) is 5.75 Å². The highest BCUT2D eigenvalue weighted by Crippen LogP contribution is 2.49. The van der Waals surface area contributed by atoms with Gasteiger partial charge >= 0.3 is 0 Å². The Bertz CT molecular complexity index is 1060. The van der Waals surface area contributed by atoms with Crippen LogP contribution in [0, 0.1) is 6.92 Å². The molecule has 1 heterocycles. The van der Waals surface area contributed by atoms with Crippen LogP contribution in [0.4, 0.5) is 0 Å². The number of aldehydes is 1. The second-order valence-corrected chi connectivity index (χ2v) is 9.64. The molecular weight excluding hydrogens is 400 g/mol. The molecular formula is C21H21ClO5S. The number of carbonyl (C=O) groups is 1. The second kappa shape index (κ2) is 7.03. The summed E-state index contributed by atoms with van der Waals surface area (Å²) in [5, 5.41) is 0.553. The Balaban J connectivity index is 2.30. The number of aryl methyl sites for hydroxylation is 1. The van der Waals surface area contributed by atoms with Gasteiger partial charge in [-0.05, 0) is 50.1 Å². The molecule has 0 fully saturated rings. The van der Waals surface area contributed by atoms with Crippen LogP contribution in [0.15, 0.2) is 59.2 Å². The smallest absolute Gasteiger partial charge is 0.207 e. The molecule has 5 nitrogen and oxygen atoms in total. The SMILES string of the molecule is Cc1cc(OC2=C(S(C)(=O)=O)C(C)(C)OC2(C=O)c2ccccc2)ccc1Cl. The standard InChI is InChI=1S/C21H21ClO5S/c1-14-12-16(10-11-17(14)22)26-18-19(28(4,24)25)20(2,3)27-21(18,13-23)15-8-6-5-7-9-15/h5-13H,1-4H3. The molecule has 1 aliphatic rings. The van der Waals surface area contributed by atoms with Gasteiger partial charge in [0.05, 0.1) is 0 Å². The fourth-order valence-electron chi connectivity index (χ4n) is 3.49. The number of halogens is 1. The molecule has 0 saturated heterocycles. The van der Waals surface area contributed by atoms with Gasteiger partial charge in [-0.2, -0.15) is 0 Å². The number of benzene rings is 2. The molecule has 0 saturated carbocycles. The summed E-state index contributed by atoms with van der Waals surface area (Å²) in [6.45, 7) is 5.02. The summed E-state index contributed by atoms with van der Waals surface area (Å²) in [7, 11) is -3.74. The van der Waals surface area contributed by atoms with Crippen LogP contribution < -0.4 is 4.74 Å². The zero-order chi connectivity index (χ0) is 20.7. The molecule has 0 aromatic heterocycles. The molecule has 1 aliphatic heterocycles. The lowest BCUT2D eigenvalue weighted by Gasteiger charge is -2.29. The van der Waals surface area contributed by atoms with Gasteiger partial charge in [-0.25, -0.2) is 8.42 Å². The molecule has 28 heavy (non-hydrogen) atoms. The first-order valence-corrected chi connectivity index (χ1v) is 10.9. The molecule has 7 heteroatoms. The lowest BCUT2D eigenvalue weighted by atomic mass is 9.93. The Labute approximate surface area is 169 Å². The summed E-state index contributed by atoms with van der Waals surface area (Å²) < 4.78 is 37.4. The van der Waals surface area contributed by atoms with Crippen molar-refractivity contribution in [1.82, 2.24) is 0 Å². The van der Waals surface area contributed by atoms with Gasteiger partial charge in [0, 0.05) is 11.3 Å². The van der Waals surface area contributed by atoms with Crippen LogP contribution >= 0.6 is 11.6 Å². The lowest BCUT2D eigenvalue weighted by Crippen LogP contribution is -2.36. The van der Waals surface area contributed by atoms with E-state index in [0.29, 0.717) is 22.6 Å². The van der Waals surface area contributed by atoms with E-state index in [4.69, 9.17) is 21.1 Å². The maximum absolute atomic E-state index is 12.7.